The van der Waals surface area contributed by atoms with Gasteiger partial charge in [-0.15, -0.1) is 0 Å². The number of hydrogen-bond acceptors (Lipinski definition) is 8. The summed E-state index contributed by atoms with van der Waals surface area (Å²) in [5.74, 6) is -0.393. The maximum atomic E-state index is 12.4. The van der Waals surface area contributed by atoms with Crippen LogP contribution in [0.4, 0.5) is 4.79 Å². The number of ether oxygens (including phenoxy) is 5. The van der Waals surface area contributed by atoms with Gasteiger partial charge in [-0.2, -0.15) is 0 Å². The van der Waals surface area contributed by atoms with E-state index in [0.29, 0.717) is 19.6 Å². The Kier molecular flexibility index (Phi) is 23.2. The average molecular weight is 572 g/mol. The van der Waals surface area contributed by atoms with Gasteiger partial charge in [-0.1, -0.05) is 91.9 Å². The highest BCUT2D eigenvalue weighted by atomic mass is 16.7. The molecule has 0 amide bonds. The second-order valence-corrected chi connectivity index (χ2v) is 11.3. The molecule has 0 saturated carbocycles. The molecule has 0 bridgehead atoms. The molecule has 8 nitrogen and oxygen atoms in total. The normalized spacial score (nSPS) is 15.3. The van der Waals surface area contributed by atoms with Crippen LogP contribution in [0.1, 0.15) is 130 Å². The maximum Gasteiger partial charge on any atom is 0.508 e. The van der Waals surface area contributed by atoms with Crippen molar-refractivity contribution in [1.29, 1.82) is 0 Å². The lowest BCUT2D eigenvalue weighted by Gasteiger charge is -2.30. The molecule has 1 fully saturated rings. The Labute approximate surface area is 245 Å². The van der Waals surface area contributed by atoms with Crippen LogP contribution in [0.5, 0.6) is 0 Å². The first kappa shape index (κ1) is 36.6. The van der Waals surface area contributed by atoms with Gasteiger partial charge in [0.05, 0.1) is 13.0 Å². The first-order valence-corrected chi connectivity index (χ1v) is 16.4. The molecule has 0 radical (unpaired) electrons. The second kappa shape index (κ2) is 25.3. The predicted molar refractivity (Wildman–Crippen MR) is 159 cm³/mol. The first-order chi connectivity index (χ1) is 19.5. The minimum absolute atomic E-state index is 0.0806. The third-order valence-corrected chi connectivity index (χ3v) is 7.45. The number of carbonyl (C=O) groups excluding carboxylic acids is 2. The number of piperidine rings is 1. The highest BCUT2D eigenvalue weighted by molar-refractivity contribution is 5.69. The standard InChI is InChI=1S/C32H61NO7/c1-5-8-10-12-14-16-24-36-31(37-25-17-15-13-11-9-6-2)19-18-30(34)38-26-28(4)27-39-32(35)40-29-20-22-33(7-3)23-21-29/h28-29,31H,5-27H2,1-4H3. The number of carbonyl (C=O) groups is 2. The van der Waals surface area contributed by atoms with E-state index >= 15 is 0 Å². The summed E-state index contributed by atoms with van der Waals surface area (Å²) in [6, 6.07) is 0. The number of hydrogen-bond donors (Lipinski definition) is 0. The minimum atomic E-state index is -0.638. The number of unbranched alkanes of at least 4 members (excludes halogenated alkanes) is 10. The lowest BCUT2D eigenvalue weighted by molar-refractivity contribution is -0.160. The van der Waals surface area contributed by atoms with E-state index in [4.69, 9.17) is 23.7 Å². The molecule has 8 heteroatoms. The van der Waals surface area contributed by atoms with Gasteiger partial charge in [0.15, 0.2) is 6.29 Å². The van der Waals surface area contributed by atoms with E-state index in [0.717, 1.165) is 58.2 Å². The van der Waals surface area contributed by atoms with Crippen molar-refractivity contribution >= 4 is 12.1 Å². The molecule has 1 unspecified atom stereocenters. The third-order valence-electron chi connectivity index (χ3n) is 7.45. The first-order valence-electron chi connectivity index (χ1n) is 16.4. The summed E-state index contributed by atoms with van der Waals surface area (Å²) < 4.78 is 28.1. The molecule has 0 aromatic carbocycles. The van der Waals surface area contributed by atoms with Gasteiger partial charge in [-0.3, -0.25) is 4.79 Å². The van der Waals surface area contributed by atoms with Gasteiger partial charge in [0.2, 0.25) is 0 Å². The van der Waals surface area contributed by atoms with Crippen LogP contribution in [0, 0.1) is 5.92 Å². The smallest absolute Gasteiger partial charge is 0.465 e. The van der Waals surface area contributed by atoms with Gasteiger partial charge in [0, 0.05) is 38.6 Å². The molecule has 1 aliphatic heterocycles. The fourth-order valence-corrected chi connectivity index (χ4v) is 4.72. The predicted octanol–water partition coefficient (Wildman–Crippen LogP) is 7.66. The number of rotatable bonds is 25. The van der Waals surface area contributed by atoms with Crippen LogP contribution in [0.25, 0.3) is 0 Å². The Hall–Kier alpha value is -1.38. The molecular weight excluding hydrogens is 510 g/mol. The third kappa shape index (κ3) is 20.5. The van der Waals surface area contributed by atoms with Crippen molar-refractivity contribution < 1.29 is 33.3 Å². The fraction of sp³-hybridized carbons (Fsp3) is 0.938. The molecule has 0 aromatic rings. The summed E-state index contributed by atoms with van der Waals surface area (Å²) in [4.78, 5) is 26.8. The number of likely N-dealkylation sites (tertiary alicyclic amines) is 1. The van der Waals surface area contributed by atoms with Gasteiger partial charge in [0.25, 0.3) is 0 Å². The molecule has 0 N–H and O–H groups in total. The quantitative estimate of drug-likeness (QED) is 0.0627. The zero-order valence-corrected chi connectivity index (χ0v) is 26.3. The summed E-state index contributed by atoms with van der Waals surface area (Å²) in [5, 5.41) is 0. The SMILES string of the molecule is CCCCCCCCOC(CCC(=O)OCC(C)COC(=O)OC1CCN(CC)CC1)OCCCCCCCC. The molecule has 1 heterocycles. The van der Waals surface area contributed by atoms with Crippen molar-refractivity contribution in [3.63, 3.8) is 0 Å². The van der Waals surface area contributed by atoms with E-state index < -0.39 is 6.16 Å². The van der Waals surface area contributed by atoms with Crippen molar-refractivity contribution in [3.05, 3.63) is 0 Å². The largest absolute Gasteiger partial charge is 0.508 e. The Bertz CT molecular complexity index is 592. The molecule has 1 saturated heterocycles. The van der Waals surface area contributed by atoms with Gasteiger partial charge in [-0.25, -0.2) is 4.79 Å². The summed E-state index contributed by atoms with van der Waals surface area (Å²) >= 11 is 0. The monoisotopic (exact) mass is 571 g/mol. The molecule has 1 rings (SSSR count). The Morgan fingerprint density at radius 1 is 0.750 bits per heavy atom. The van der Waals surface area contributed by atoms with E-state index in [1.165, 1.54) is 51.4 Å². The molecule has 1 atom stereocenters. The van der Waals surface area contributed by atoms with E-state index in [-0.39, 0.29) is 43.9 Å². The zero-order valence-electron chi connectivity index (χ0n) is 26.3. The van der Waals surface area contributed by atoms with E-state index in [1.54, 1.807) is 0 Å². The maximum absolute atomic E-state index is 12.4. The molecule has 40 heavy (non-hydrogen) atoms. The van der Waals surface area contributed by atoms with Crippen LogP contribution >= 0.6 is 0 Å². The molecule has 0 aliphatic carbocycles. The summed E-state index contributed by atoms with van der Waals surface area (Å²) in [6.07, 6.45) is 15.8. The Balaban J connectivity index is 2.24. The summed E-state index contributed by atoms with van der Waals surface area (Å²) in [7, 11) is 0. The Morgan fingerprint density at radius 2 is 1.27 bits per heavy atom. The highest BCUT2D eigenvalue weighted by Crippen LogP contribution is 2.15. The van der Waals surface area contributed by atoms with Crippen LogP contribution in [-0.4, -0.2) is 75.5 Å². The number of esters is 1. The van der Waals surface area contributed by atoms with Crippen LogP contribution in [0.15, 0.2) is 0 Å². The van der Waals surface area contributed by atoms with Gasteiger partial charge >= 0.3 is 12.1 Å². The van der Waals surface area contributed by atoms with E-state index in [1.807, 2.05) is 6.92 Å². The fourth-order valence-electron chi connectivity index (χ4n) is 4.72. The molecular formula is C32H61NO7. The molecule has 236 valence electrons. The average Bonchev–Trinajstić information content (AvgIpc) is 2.96. The summed E-state index contributed by atoms with van der Waals surface area (Å²) in [6.45, 7) is 13.0. The summed E-state index contributed by atoms with van der Waals surface area (Å²) in [5.41, 5.74) is 0. The van der Waals surface area contributed by atoms with Crippen molar-refractivity contribution in [1.82, 2.24) is 4.90 Å². The van der Waals surface area contributed by atoms with Crippen LogP contribution in [0.2, 0.25) is 0 Å². The molecule has 0 aromatic heterocycles. The van der Waals surface area contributed by atoms with E-state index in [2.05, 4.69) is 25.7 Å². The lowest BCUT2D eigenvalue weighted by Crippen LogP contribution is -2.37. The van der Waals surface area contributed by atoms with Crippen molar-refractivity contribution in [3.8, 4) is 0 Å². The second-order valence-electron chi connectivity index (χ2n) is 11.3. The lowest BCUT2D eigenvalue weighted by atomic mass is 10.1. The van der Waals surface area contributed by atoms with Crippen LogP contribution < -0.4 is 0 Å². The van der Waals surface area contributed by atoms with Crippen molar-refractivity contribution in [2.24, 2.45) is 5.92 Å². The van der Waals surface area contributed by atoms with Gasteiger partial charge < -0.3 is 28.6 Å². The van der Waals surface area contributed by atoms with Gasteiger partial charge in [0.1, 0.15) is 12.7 Å². The van der Waals surface area contributed by atoms with Crippen molar-refractivity contribution in [2.45, 2.75) is 143 Å². The molecule has 1 aliphatic rings. The van der Waals surface area contributed by atoms with Crippen LogP contribution in [-0.2, 0) is 28.5 Å². The van der Waals surface area contributed by atoms with E-state index in [9.17, 15) is 9.59 Å². The minimum Gasteiger partial charge on any atom is -0.465 e. The Morgan fingerprint density at radius 3 is 1.82 bits per heavy atom. The highest BCUT2D eigenvalue weighted by Gasteiger charge is 2.22. The van der Waals surface area contributed by atoms with Gasteiger partial charge in [-0.05, 0) is 32.2 Å². The molecule has 0 spiro atoms. The number of nitrogens with zero attached hydrogens (tertiary/aromatic N) is 1. The topological polar surface area (TPSA) is 83.5 Å². The van der Waals surface area contributed by atoms with Crippen LogP contribution in [0.3, 0.4) is 0 Å². The zero-order chi connectivity index (χ0) is 29.3. The van der Waals surface area contributed by atoms with Crippen molar-refractivity contribution in [2.75, 3.05) is 46.1 Å².